The number of rotatable bonds is 1. The molecule has 3 nitrogen and oxygen atoms in total. The predicted molar refractivity (Wildman–Crippen MR) is 34.0 cm³/mol. The van der Waals surface area contributed by atoms with Crippen molar-refractivity contribution in [1.82, 2.24) is 0 Å². The van der Waals surface area contributed by atoms with Gasteiger partial charge in [-0.05, 0) is 12.8 Å². The second kappa shape index (κ2) is 3.20. The van der Waals surface area contributed by atoms with Crippen molar-refractivity contribution in [3.05, 3.63) is 0 Å². The van der Waals surface area contributed by atoms with Gasteiger partial charge >= 0.3 is 7.12 Å². The summed E-state index contributed by atoms with van der Waals surface area (Å²) >= 11 is 0. The highest BCUT2D eigenvalue weighted by molar-refractivity contribution is 6.43. The third-order valence-corrected chi connectivity index (χ3v) is 1.62. The molecule has 0 aromatic carbocycles. The van der Waals surface area contributed by atoms with Crippen molar-refractivity contribution in [2.45, 2.75) is 18.7 Å². The highest BCUT2D eigenvalue weighted by Crippen LogP contribution is 2.19. The molecule has 1 saturated heterocycles. The summed E-state index contributed by atoms with van der Waals surface area (Å²) in [6, 6.07) is 0. The van der Waals surface area contributed by atoms with Gasteiger partial charge in [0.1, 0.15) is 0 Å². The van der Waals surface area contributed by atoms with Gasteiger partial charge in [-0.25, -0.2) is 0 Å². The lowest BCUT2D eigenvalue weighted by atomic mass is 9.70. The normalized spacial score (nSPS) is 28.0. The smallest absolute Gasteiger partial charge is 0.427 e. The Balaban J connectivity index is 2.23. The number of hydrogen-bond acceptors (Lipinski definition) is 3. The number of hydrogen-bond donors (Lipinski definition) is 2. The second-order valence-corrected chi connectivity index (χ2v) is 2.39. The Bertz CT molecular complexity index is 80.3. The van der Waals surface area contributed by atoms with Crippen molar-refractivity contribution in [1.29, 1.82) is 0 Å². The summed E-state index contributed by atoms with van der Waals surface area (Å²) in [6.07, 6.45) is 1.82. The first-order chi connectivity index (χ1) is 4.30. The van der Waals surface area contributed by atoms with E-state index in [-0.39, 0.29) is 5.82 Å². The zero-order chi connectivity index (χ0) is 6.69. The van der Waals surface area contributed by atoms with Gasteiger partial charge < -0.3 is 14.8 Å². The zero-order valence-electron chi connectivity index (χ0n) is 5.29. The van der Waals surface area contributed by atoms with Crippen molar-refractivity contribution < 1.29 is 14.8 Å². The molecule has 1 aliphatic rings. The quantitative estimate of drug-likeness (QED) is 0.476. The molecule has 1 aliphatic heterocycles. The fourth-order valence-electron chi connectivity index (χ4n) is 1.00. The Labute approximate surface area is 54.8 Å². The van der Waals surface area contributed by atoms with E-state index in [4.69, 9.17) is 14.8 Å². The Kier molecular flexibility index (Phi) is 2.51. The molecule has 0 aromatic heterocycles. The standard InChI is InChI=1S/C5H11BO3/c7-6(8)5-2-1-3-9-4-5/h5,7-8H,1-4H2. The summed E-state index contributed by atoms with van der Waals surface area (Å²) in [5.74, 6) is -0.0567. The van der Waals surface area contributed by atoms with Crippen LogP contribution in [0.5, 0.6) is 0 Å². The van der Waals surface area contributed by atoms with Crippen LogP contribution in [-0.2, 0) is 4.74 Å². The summed E-state index contributed by atoms with van der Waals surface area (Å²) in [6.45, 7) is 1.26. The fourth-order valence-corrected chi connectivity index (χ4v) is 1.00. The molecule has 0 aliphatic carbocycles. The van der Waals surface area contributed by atoms with E-state index < -0.39 is 7.12 Å². The van der Waals surface area contributed by atoms with Gasteiger partial charge in [0, 0.05) is 19.0 Å². The van der Waals surface area contributed by atoms with Crippen molar-refractivity contribution in [3.63, 3.8) is 0 Å². The van der Waals surface area contributed by atoms with E-state index in [1.165, 1.54) is 0 Å². The minimum Gasteiger partial charge on any atom is -0.427 e. The second-order valence-electron chi connectivity index (χ2n) is 2.39. The van der Waals surface area contributed by atoms with E-state index in [1.54, 1.807) is 0 Å². The zero-order valence-corrected chi connectivity index (χ0v) is 5.29. The molecule has 0 bridgehead atoms. The molecule has 9 heavy (non-hydrogen) atoms. The first-order valence-corrected chi connectivity index (χ1v) is 3.24. The maximum atomic E-state index is 8.65. The van der Waals surface area contributed by atoms with Gasteiger partial charge in [-0.1, -0.05) is 0 Å². The van der Waals surface area contributed by atoms with Crippen molar-refractivity contribution >= 4 is 7.12 Å². The third-order valence-electron chi connectivity index (χ3n) is 1.62. The summed E-state index contributed by atoms with van der Waals surface area (Å²) < 4.78 is 5.02. The van der Waals surface area contributed by atoms with E-state index >= 15 is 0 Å². The van der Waals surface area contributed by atoms with E-state index in [2.05, 4.69) is 0 Å². The van der Waals surface area contributed by atoms with Crippen LogP contribution >= 0.6 is 0 Å². The van der Waals surface area contributed by atoms with Gasteiger partial charge in [0.25, 0.3) is 0 Å². The first kappa shape index (κ1) is 7.06. The highest BCUT2D eigenvalue weighted by atomic mass is 16.5. The van der Waals surface area contributed by atoms with Crippen LogP contribution in [0.4, 0.5) is 0 Å². The van der Waals surface area contributed by atoms with E-state index in [0.29, 0.717) is 6.61 Å². The molecule has 0 spiro atoms. The molecule has 52 valence electrons. The minimum absolute atomic E-state index is 0.0567. The summed E-state index contributed by atoms with van der Waals surface area (Å²) in [5.41, 5.74) is 0. The molecule has 1 rings (SSSR count). The Morgan fingerprint density at radius 1 is 1.44 bits per heavy atom. The third kappa shape index (κ3) is 1.97. The maximum Gasteiger partial charge on any atom is 0.457 e. The maximum absolute atomic E-state index is 8.65. The largest absolute Gasteiger partial charge is 0.457 e. The van der Waals surface area contributed by atoms with E-state index in [0.717, 1.165) is 19.4 Å². The van der Waals surface area contributed by atoms with Crippen LogP contribution in [0.3, 0.4) is 0 Å². The van der Waals surface area contributed by atoms with Crippen LogP contribution in [0.15, 0.2) is 0 Å². The molecule has 1 heterocycles. The lowest BCUT2D eigenvalue weighted by Gasteiger charge is -2.20. The Morgan fingerprint density at radius 2 is 2.22 bits per heavy atom. The molecule has 1 atom stereocenters. The first-order valence-electron chi connectivity index (χ1n) is 3.24. The average Bonchev–Trinajstić information content (AvgIpc) is 1.90. The van der Waals surface area contributed by atoms with Gasteiger partial charge in [-0.2, -0.15) is 0 Å². The molecule has 1 unspecified atom stereocenters. The van der Waals surface area contributed by atoms with Gasteiger partial charge in [-0.15, -0.1) is 0 Å². The molecule has 0 amide bonds. The molecule has 0 radical (unpaired) electrons. The monoisotopic (exact) mass is 130 g/mol. The van der Waals surface area contributed by atoms with Crippen LogP contribution in [0.2, 0.25) is 5.82 Å². The molecular weight excluding hydrogens is 119 g/mol. The van der Waals surface area contributed by atoms with Crippen molar-refractivity contribution in [3.8, 4) is 0 Å². The lowest BCUT2D eigenvalue weighted by molar-refractivity contribution is 0.0879. The van der Waals surface area contributed by atoms with Crippen LogP contribution in [0, 0.1) is 0 Å². The summed E-state index contributed by atoms with van der Waals surface area (Å²) in [4.78, 5) is 0. The predicted octanol–water partition coefficient (Wildman–Crippen LogP) is -0.360. The van der Waals surface area contributed by atoms with Gasteiger partial charge in [0.15, 0.2) is 0 Å². The molecule has 2 N–H and O–H groups in total. The highest BCUT2D eigenvalue weighted by Gasteiger charge is 2.25. The van der Waals surface area contributed by atoms with Gasteiger partial charge in [-0.3, -0.25) is 0 Å². The SMILES string of the molecule is OB(O)C1CCCOC1. The van der Waals surface area contributed by atoms with Crippen molar-refractivity contribution in [2.24, 2.45) is 0 Å². The Morgan fingerprint density at radius 3 is 2.56 bits per heavy atom. The lowest BCUT2D eigenvalue weighted by Crippen LogP contribution is -2.27. The van der Waals surface area contributed by atoms with Crippen LogP contribution in [0.25, 0.3) is 0 Å². The van der Waals surface area contributed by atoms with Gasteiger partial charge in [0.05, 0.1) is 0 Å². The number of ether oxygens (including phenoxy) is 1. The van der Waals surface area contributed by atoms with E-state index in [1.807, 2.05) is 0 Å². The summed E-state index contributed by atoms with van der Waals surface area (Å²) in [5, 5.41) is 17.3. The fraction of sp³-hybridized carbons (Fsp3) is 1.00. The molecule has 0 aromatic rings. The minimum atomic E-state index is -1.19. The van der Waals surface area contributed by atoms with Crippen LogP contribution in [0.1, 0.15) is 12.8 Å². The Hall–Kier alpha value is -0.0551. The topological polar surface area (TPSA) is 49.7 Å². The molecule has 0 saturated carbocycles. The molecular formula is C5H11BO3. The van der Waals surface area contributed by atoms with Crippen molar-refractivity contribution in [2.75, 3.05) is 13.2 Å². The van der Waals surface area contributed by atoms with Gasteiger partial charge in [0.2, 0.25) is 0 Å². The van der Waals surface area contributed by atoms with Crippen LogP contribution < -0.4 is 0 Å². The average molecular weight is 130 g/mol. The molecule has 4 heteroatoms. The summed E-state index contributed by atoms with van der Waals surface area (Å²) in [7, 11) is -1.19. The molecule has 1 fully saturated rings. The van der Waals surface area contributed by atoms with E-state index in [9.17, 15) is 0 Å². The van der Waals surface area contributed by atoms with Crippen LogP contribution in [-0.4, -0.2) is 30.4 Å².